The van der Waals surface area contributed by atoms with Crippen LogP contribution in [0.1, 0.15) is 26.4 Å². The van der Waals surface area contributed by atoms with Gasteiger partial charge in [-0.15, -0.1) is 28.2 Å². The summed E-state index contributed by atoms with van der Waals surface area (Å²) in [5.41, 5.74) is 2.03. The third kappa shape index (κ3) is 5.36. The van der Waals surface area contributed by atoms with Crippen molar-refractivity contribution in [3.63, 3.8) is 0 Å². The molecule has 0 bridgehead atoms. The standard InChI is InChI=1S/C33H28F6OS2Si/c1-19-25(17-27(41-19)22-9-7-21(8-10-22)15-16-43(4,5)6)29-30(32(36,37)33(38,39)31(29,34)35)26-18-28(42-20(26)2)23-11-13-24(40-3)14-12-23/h7-14,17-18H,1-6H3. The fourth-order valence-electron chi connectivity index (χ4n) is 4.91. The Morgan fingerprint density at radius 2 is 1.09 bits per heavy atom. The normalized spacial score (nSPS) is 17.1. The van der Waals surface area contributed by atoms with E-state index in [1.807, 2.05) is 0 Å². The van der Waals surface area contributed by atoms with Gasteiger partial charge in [0.25, 0.3) is 0 Å². The lowest BCUT2D eigenvalue weighted by atomic mass is 9.94. The molecule has 5 rings (SSSR count). The van der Waals surface area contributed by atoms with Crippen LogP contribution in [0, 0.1) is 25.3 Å². The number of alkyl halides is 6. The molecule has 2 heterocycles. The number of ether oxygens (including phenoxy) is 1. The number of aryl methyl sites for hydroxylation is 2. The van der Waals surface area contributed by atoms with E-state index >= 15 is 26.3 Å². The van der Waals surface area contributed by atoms with E-state index < -0.39 is 37.0 Å². The Labute approximate surface area is 255 Å². The maximum absolute atomic E-state index is 15.6. The molecule has 0 N–H and O–H groups in total. The quantitative estimate of drug-likeness (QED) is 0.119. The van der Waals surface area contributed by atoms with Gasteiger partial charge in [-0.2, -0.15) is 26.3 Å². The molecule has 0 amide bonds. The van der Waals surface area contributed by atoms with Gasteiger partial charge in [0.05, 0.1) is 7.11 Å². The highest BCUT2D eigenvalue weighted by Crippen LogP contribution is 2.66. The fourth-order valence-corrected chi connectivity index (χ4v) is 7.49. The first-order valence-corrected chi connectivity index (χ1v) is 18.5. The Hall–Kier alpha value is -3.26. The van der Waals surface area contributed by atoms with E-state index in [-0.39, 0.29) is 20.9 Å². The summed E-state index contributed by atoms with van der Waals surface area (Å²) in [7, 11) is -0.101. The number of hydrogen-bond acceptors (Lipinski definition) is 3. The Morgan fingerprint density at radius 3 is 1.49 bits per heavy atom. The first-order chi connectivity index (χ1) is 20.0. The Morgan fingerprint density at radius 1 is 0.674 bits per heavy atom. The van der Waals surface area contributed by atoms with Gasteiger partial charge in [0.15, 0.2) is 0 Å². The molecule has 0 saturated heterocycles. The van der Waals surface area contributed by atoms with E-state index in [9.17, 15) is 0 Å². The Bertz CT molecular complexity index is 1780. The Balaban J connectivity index is 1.65. The smallest absolute Gasteiger partial charge is 0.380 e. The minimum Gasteiger partial charge on any atom is -0.497 e. The molecule has 4 aromatic rings. The summed E-state index contributed by atoms with van der Waals surface area (Å²) in [6.45, 7) is 9.32. The van der Waals surface area contributed by atoms with Crippen molar-refractivity contribution >= 4 is 41.9 Å². The number of allylic oxidation sites excluding steroid dienone is 2. The van der Waals surface area contributed by atoms with Gasteiger partial charge >= 0.3 is 17.8 Å². The highest BCUT2D eigenvalue weighted by atomic mass is 32.1. The van der Waals surface area contributed by atoms with Crippen molar-refractivity contribution in [1.29, 1.82) is 0 Å². The zero-order valence-electron chi connectivity index (χ0n) is 24.3. The molecule has 43 heavy (non-hydrogen) atoms. The van der Waals surface area contributed by atoms with E-state index in [0.717, 1.165) is 28.2 Å². The van der Waals surface area contributed by atoms with Crippen molar-refractivity contribution < 1.29 is 31.1 Å². The number of halogens is 6. The molecule has 0 unspecified atom stereocenters. The maximum Gasteiger partial charge on any atom is 0.380 e. The third-order valence-corrected chi connectivity index (χ3v) is 10.2. The van der Waals surface area contributed by atoms with E-state index in [1.165, 1.54) is 33.1 Å². The van der Waals surface area contributed by atoms with Gasteiger partial charge in [0.2, 0.25) is 0 Å². The summed E-state index contributed by atoms with van der Waals surface area (Å²) in [5, 5.41) is 0. The molecule has 2 aromatic heterocycles. The number of methoxy groups -OCH3 is 1. The van der Waals surface area contributed by atoms with Crippen LogP contribution in [0.2, 0.25) is 19.6 Å². The first-order valence-electron chi connectivity index (χ1n) is 13.4. The van der Waals surface area contributed by atoms with Gasteiger partial charge in [-0.25, -0.2) is 0 Å². The molecule has 0 aliphatic heterocycles. The molecule has 0 spiro atoms. The predicted octanol–water partition coefficient (Wildman–Crippen LogP) is 10.8. The minimum absolute atomic E-state index is 0.231. The molecule has 1 aliphatic carbocycles. The van der Waals surface area contributed by atoms with Gasteiger partial charge in [-0.1, -0.05) is 37.7 Å². The van der Waals surface area contributed by atoms with Crippen LogP contribution in [0.5, 0.6) is 5.75 Å². The van der Waals surface area contributed by atoms with Gasteiger partial charge < -0.3 is 4.74 Å². The molecular weight excluding hydrogens is 619 g/mol. The van der Waals surface area contributed by atoms with Crippen molar-refractivity contribution in [3.8, 4) is 38.1 Å². The molecule has 224 valence electrons. The average Bonchev–Trinajstić information content (AvgIpc) is 3.54. The molecule has 1 nitrogen and oxygen atoms in total. The highest BCUT2D eigenvalue weighted by molar-refractivity contribution is 7.16. The zero-order chi connectivity index (χ0) is 31.5. The van der Waals surface area contributed by atoms with Crippen LogP contribution in [0.3, 0.4) is 0 Å². The van der Waals surface area contributed by atoms with E-state index in [1.54, 1.807) is 48.5 Å². The molecule has 0 saturated carbocycles. The number of rotatable bonds is 5. The molecule has 2 aromatic carbocycles. The van der Waals surface area contributed by atoms with E-state index in [0.29, 0.717) is 26.6 Å². The Kier molecular flexibility index (Phi) is 7.77. The number of benzene rings is 2. The van der Waals surface area contributed by atoms with Crippen molar-refractivity contribution in [3.05, 3.63) is 87.1 Å². The third-order valence-electron chi connectivity index (χ3n) is 7.17. The van der Waals surface area contributed by atoms with Gasteiger partial charge in [0, 0.05) is 36.2 Å². The van der Waals surface area contributed by atoms with Gasteiger partial charge in [-0.3, -0.25) is 0 Å². The van der Waals surface area contributed by atoms with E-state index in [4.69, 9.17) is 4.74 Å². The second-order valence-corrected chi connectivity index (χ2v) is 18.7. The summed E-state index contributed by atoms with van der Waals surface area (Å²) in [5.74, 6) is -12.1. The predicted molar refractivity (Wildman–Crippen MR) is 167 cm³/mol. The van der Waals surface area contributed by atoms with Crippen LogP contribution in [-0.2, 0) is 0 Å². The van der Waals surface area contributed by atoms with Crippen LogP contribution < -0.4 is 4.74 Å². The topological polar surface area (TPSA) is 9.23 Å². The summed E-state index contributed by atoms with van der Waals surface area (Å²) in [4.78, 5) is 1.45. The van der Waals surface area contributed by atoms with E-state index in [2.05, 4.69) is 31.1 Å². The number of hydrogen-bond donors (Lipinski definition) is 0. The second kappa shape index (κ2) is 10.7. The van der Waals surface area contributed by atoms with Crippen LogP contribution in [0.15, 0.2) is 60.7 Å². The lowest BCUT2D eigenvalue weighted by Crippen LogP contribution is -2.48. The monoisotopic (exact) mass is 646 g/mol. The first kappa shape index (κ1) is 31.2. The van der Waals surface area contributed by atoms with Crippen molar-refractivity contribution in [2.45, 2.75) is 51.3 Å². The van der Waals surface area contributed by atoms with Gasteiger partial charge in [0.1, 0.15) is 13.8 Å². The van der Waals surface area contributed by atoms with Crippen LogP contribution >= 0.6 is 22.7 Å². The highest BCUT2D eigenvalue weighted by Gasteiger charge is 2.80. The van der Waals surface area contributed by atoms with Crippen molar-refractivity contribution in [2.24, 2.45) is 0 Å². The lowest BCUT2D eigenvalue weighted by molar-refractivity contribution is -0.254. The molecule has 0 radical (unpaired) electrons. The van der Waals surface area contributed by atoms with Crippen molar-refractivity contribution in [1.82, 2.24) is 0 Å². The molecule has 1 aliphatic rings. The second-order valence-electron chi connectivity index (χ2n) is 11.4. The zero-order valence-corrected chi connectivity index (χ0v) is 26.9. The molecule has 0 fully saturated rings. The van der Waals surface area contributed by atoms with Crippen molar-refractivity contribution in [2.75, 3.05) is 7.11 Å². The molecule has 0 atom stereocenters. The van der Waals surface area contributed by atoms with Crippen LogP contribution in [0.25, 0.3) is 32.0 Å². The van der Waals surface area contributed by atoms with Crippen LogP contribution in [0.4, 0.5) is 26.3 Å². The SMILES string of the molecule is COc1ccc(-c2cc(C3=C(c4cc(-c5ccc(C#C[Si](C)(C)C)cc5)sc4C)C(F)(F)C(F)(F)C3(F)F)c(C)s2)cc1. The fraction of sp³-hybridized carbons (Fsp3) is 0.273. The van der Waals surface area contributed by atoms with Crippen LogP contribution in [-0.4, -0.2) is 33.0 Å². The minimum atomic E-state index is -5.62. The molecule has 10 heteroatoms. The largest absolute Gasteiger partial charge is 0.497 e. The summed E-state index contributed by atoms with van der Waals surface area (Å²) >= 11 is 2.16. The lowest BCUT2D eigenvalue weighted by Gasteiger charge is -2.25. The molecular formula is C33H28F6OS2Si. The summed E-state index contributed by atoms with van der Waals surface area (Å²) < 4.78 is 97.4. The maximum atomic E-state index is 15.6. The number of thiophene rings is 2. The van der Waals surface area contributed by atoms with Gasteiger partial charge in [-0.05, 0) is 84.6 Å². The average molecular weight is 647 g/mol. The summed E-state index contributed by atoms with van der Waals surface area (Å²) in [6.07, 6.45) is 0. The summed E-state index contributed by atoms with van der Waals surface area (Å²) in [6, 6.07) is 16.4.